The molecule has 0 fully saturated rings. The summed E-state index contributed by atoms with van der Waals surface area (Å²) in [6, 6.07) is 0. The minimum Gasteiger partial charge on any atom is -0.310 e. The largest absolute Gasteiger partial charge is 0.310 e. The highest BCUT2D eigenvalue weighted by molar-refractivity contribution is 5.86. The molecule has 0 saturated carbocycles. The number of hydrogen-bond donors (Lipinski definition) is 1. The van der Waals surface area contributed by atoms with Gasteiger partial charge in [-0.05, 0) is 12.8 Å². The summed E-state index contributed by atoms with van der Waals surface area (Å²) < 4.78 is 0. The van der Waals surface area contributed by atoms with Crippen molar-refractivity contribution in [2.75, 3.05) is 19.6 Å². The van der Waals surface area contributed by atoms with Gasteiger partial charge < -0.3 is 5.32 Å². The Morgan fingerprint density at radius 2 is 1.23 bits per heavy atom. The van der Waals surface area contributed by atoms with E-state index in [9.17, 15) is 0 Å². The van der Waals surface area contributed by atoms with Crippen molar-refractivity contribution in [2.45, 2.75) is 103 Å². The Morgan fingerprint density at radius 1 is 0.727 bits per heavy atom. The average Bonchev–Trinajstić information content (AvgIpc) is 2.56. The van der Waals surface area contributed by atoms with Gasteiger partial charge in [-0.1, -0.05) is 90.4 Å². The van der Waals surface area contributed by atoms with Crippen molar-refractivity contribution >= 4 is 5.71 Å². The molecule has 0 aromatic carbocycles. The van der Waals surface area contributed by atoms with Gasteiger partial charge in [-0.3, -0.25) is 4.99 Å². The van der Waals surface area contributed by atoms with Crippen molar-refractivity contribution in [3.8, 4) is 0 Å². The highest BCUT2D eigenvalue weighted by atomic mass is 15.0. The van der Waals surface area contributed by atoms with Gasteiger partial charge in [0.25, 0.3) is 0 Å². The van der Waals surface area contributed by atoms with Crippen molar-refractivity contribution in [3.05, 3.63) is 0 Å². The summed E-state index contributed by atoms with van der Waals surface area (Å²) in [4.78, 5) is 4.58. The van der Waals surface area contributed by atoms with Gasteiger partial charge in [0.05, 0.1) is 6.54 Å². The van der Waals surface area contributed by atoms with Gasteiger partial charge in [0.2, 0.25) is 0 Å². The Labute approximate surface area is 139 Å². The second kappa shape index (κ2) is 15.5. The zero-order valence-electron chi connectivity index (χ0n) is 15.2. The average molecular weight is 309 g/mol. The second-order valence-corrected chi connectivity index (χ2v) is 6.97. The lowest BCUT2D eigenvalue weighted by molar-refractivity contribution is 0.536. The molecule has 0 saturated heterocycles. The molecule has 1 heterocycles. The Kier molecular flexibility index (Phi) is 13.9. The molecule has 0 aromatic rings. The molecule has 0 amide bonds. The SMILES string of the molecule is CCCCCCCCCCCCCCCCC1=NCCNC1. The normalized spacial score (nSPS) is 15.0. The van der Waals surface area contributed by atoms with E-state index in [0.29, 0.717) is 0 Å². The maximum absolute atomic E-state index is 4.58. The van der Waals surface area contributed by atoms with Crippen LogP contribution in [0.3, 0.4) is 0 Å². The number of aliphatic imine (C=N–C) groups is 1. The van der Waals surface area contributed by atoms with Gasteiger partial charge in [-0.25, -0.2) is 0 Å². The highest BCUT2D eigenvalue weighted by Crippen LogP contribution is 2.13. The Bertz CT molecular complexity index is 260. The van der Waals surface area contributed by atoms with Gasteiger partial charge in [-0.2, -0.15) is 0 Å². The first-order valence-corrected chi connectivity index (χ1v) is 10.2. The minimum absolute atomic E-state index is 0.994. The third-order valence-electron chi connectivity index (χ3n) is 4.77. The fourth-order valence-electron chi connectivity index (χ4n) is 3.27. The minimum atomic E-state index is 0.994. The van der Waals surface area contributed by atoms with Gasteiger partial charge in [-0.15, -0.1) is 0 Å². The molecule has 130 valence electrons. The third kappa shape index (κ3) is 12.2. The molecule has 0 atom stereocenters. The summed E-state index contributed by atoms with van der Waals surface area (Å²) in [5.74, 6) is 0. The summed E-state index contributed by atoms with van der Waals surface area (Å²) in [7, 11) is 0. The van der Waals surface area contributed by atoms with E-state index < -0.39 is 0 Å². The number of hydrogen-bond acceptors (Lipinski definition) is 2. The molecule has 0 unspecified atom stereocenters. The van der Waals surface area contributed by atoms with Crippen LogP contribution < -0.4 is 5.32 Å². The van der Waals surface area contributed by atoms with E-state index in [-0.39, 0.29) is 0 Å². The predicted octanol–water partition coefficient (Wildman–Crippen LogP) is 5.90. The molecule has 0 radical (unpaired) electrons. The molecular formula is C20H40N2. The first-order valence-electron chi connectivity index (χ1n) is 10.2. The van der Waals surface area contributed by atoms with Crippen molar-refractivity contribution in [1.29, 1.82) is 0 Å². The lowest BCUT2D eigenvalue weighted by atomic mass is 10.0. The standard InChI is InChI=1S/C20H40N2/c1-2-3-4-5-6-7-8-9-10-11-12-13-14-15-16-20-19-21-17-18-22-20/h21H,2-19H2,1H3. The predicted molar refractivity (Wildman–Crippen MR) is 100 cm³/mol. The summed E-state index contributed by atoms with van der Waals surface area (Å²) in [5, 5.41) is 3.40. The van der Waals surface area contributed by atoms with Crippen molar-refractivity contribution in [2.24, 2.45) is 4.99 Å². The van der Waals surface area contributed by atoms with Crippen LogP contribution in [0.4, 0.5) is 0 Å². The number of rotatable bonds is 15. The lowest BCUT2D eigenvalue weighted by Crippen LogP contribution is -2.30. The zero-order chi connectivity index (χ0) is 15.7. The van der Waals surface area contributed by atoms with E-state index >= 15 is 0 Å². The quantitative estimate of drug-likeness (QED) is 0.374. The number of unbranched alkanes of at least 4 members (excludes halogenated alkanes) is 13. The van der Waals surface area contributed by atoms with Crippen LogP contribution in [0.2, 0.25) is 0 Å². The van der Waals surface area contributed by atoms with Gasteiger partial charge >= 0.3 is 0 Å². The molecule has 1 rings (SSSR count). The Hall–Kier alpha value is -0.370. The number of nitrogens with one attached hydrogen (secondary N) is 1. The molecule has 1 aliphatic rings. The van der Waals surface area contributed by atoms with Gasteiger partial charge in [0.1, 0.15) is 0 Å². The third-order valence-corrected chi connectivity index (χ3v) is 4.77. The van der Waals surface area contributed by atoms with Crippen molar-refractivity contribution in [1.82, 2.24) is 5.32 Å². The molecule has 0 bridgehead atoms. The van der Waals surface area contributed by atoms with Crippen LogP contribution in [0.25, 0.3) is 0 Å². The summed E-state index contributed by atoms with van der Waals surface area (Å²) >= 11 is 0. The highest BCUT2D eigenvalue weighted by Gasteiger charge is 2.03. The van der Waals surface area contributed by atoms with Crippen LogP contribution in [0.5, 0.6) is 0 Å². The molecule has 1 aliphatic heterocycles. The fourth-order valence-corrected chi connectivity index (χ4v) is 3.27. The lowest BCUT2D eigenvalue weighted by Gasteiger charge is -2.12. The first-order chi connectivity index (χ1) is 10.9. The van der Waals surface area contributed by atoms with Gasteiger partial charge in [0, 0.05) is 18.8 Å². The van der Waals surface area contributed by atoms with Crippen LogP contribution in [0.15, 0.2) is 4.99 Å². The van der Waals surface area contributed by atoms with E-state index in [1.165, 1.54) is 102 Å². The van der Waals surface area contributed by atoms with Crippen LogP contribution in [-0.4, -0.2) is 25.3 Å². The molecule has 22 heavy (non-hydrogen) atoms. The smallest absolute Gasteiger partial charge is 0.0514 e. The summed E-state index contributed by atoms with van der Waals surface area (Å²) in [5.41, 5.74) is 1.41. The molecule has 1 N–H and O–H groups in total. The topological polar surface area (TPSA) is 24.4 Å². The van der Waals surface area contributed by atoms with Crippen LogP contribution in [0.1, 0.15) is 103 Å². The molecular weight excluding hydrogens is 268 g/mol. The van der Waals surface area contributed by atoms with Crippen LogP contribution in [0, 0.1) is 0 Å². The number of nitrogens with zero attached hydrogens (tertiary/aromatic N) is 1. The first kappa shape index (κ1) is 19.7. The van der Waals surface area contributed by atoms with Crippen molar-refractivity contribution in [3.63, 3.8) is 0 Å². The molecule has 0 spiro atoms. The van der Waals surface area contributed by atoms with Gasteiger partial charge in [0.15, 0.2) is 0 Å². The van der Waals surface area contributed by atoms with Crippen LogP contribution >= 0.6 is 0 Å². The summed E-state index contributed by atoms with van der Waals surface area (Å²) in [6.07, 6.45) is 21.4. The Morgan fingerprint density at radius 3 is 1.68 bits per heavy atom. The zero-order valence-corrected chi connectivity index (χ0v) is 15.2. The maximum atomic E-state index is 4.58. The maximum Gasteiger partial charge on any atom is 0.0514 e. The molecule has 0 aromatic heterocycles. The van der Waals surface area contributed by atoms with E-state index in [2.05, 4.69) is 17.2 Å². The van der Waals surface area contributed by atoms with E-state index in [0.717, 1.165) is 19.6 Å². The molecule has 0 aliphatic carbocycles. The molecule has 2 heteroatoms. The second-order valence-electron chi connectivity index (χ2n) is 6.97. The summed E-state index contributed by atoms with van der Waals surface area (Å²) in [6.45, 7) is 5.40. The van der Waals surface area contributed by atoms with Crippen molar-refractivity contribution < 1.29 is 0 Å². The Balaban J connectivity index is 1.70. The van der Waals surface area contributed by atoms with E-state index in [1.807, 2.05) is 0 Å². The van der Waals surface area contributed by atoms with E-state index in [1.54, 1.807) is 0 Å². The monoisotopic (exact) mass is 308 g/mol. The fraction of sp³-hybridized carbons (Fsp3) is 0.950. The van der Waals surface area contributed by atoms with Crippen LogP contribution in [-0.2, 0) is 0 Å². The van der Waals surface area contributed by atoms with E-state index in [4.69, 9.17) is 0 Å². The molecule has 2 nitrogen and oxygen atoms in total.